The molecule has 0 radical (unpaired) electrons. The molecule has 0 aliphatic heterocycles. The van der Waals surface area contributed by atoms with Crippen LogP contribution in [0.3, 0.4) is 0 Å². The third-order valence-electron chi connectivity index (χ3n) is 12.5. The Morgan fingerprint density at radius 1 is 0.484 bits per heavy atom. The van der Waals surface area contributed by atoms with Crippen LogP contribution in [0.25, 0.3) is 0 Å². The summed E-state index contributed by atoms with van der Waals surface area (Å²) in [7, 11) is 0. The molecule has 3 N–H and O–H groups in total. The summed E-state index contributed by atoms with van der Waals surface area (Å²) in [5.74, 6) is -0.500. The first kappa shape index (κ1) is 60.1. The number of aliphatic hydroxyl groups is 2. The minimum absolute atomic E-state index is 0.0555. The van der Waals surface area contributed by atoms with E-state index in [1.807, 2.05) is 0 Å². The number of nitrogens with one attached hydrogen (secondary N) is 1. The fraction of sp³-hybridized carbons (Fsp3) is 0.857. The molecule has 0 aromatic rings. The van der Waals surface area contributed by atoms with E-state index in [4.69, 9.17) is 4.74 Å². The Morgan fingerprint density at radius 3 is 1.31 bits per heavy atom. The van der Waals surface area contributed by atoms with Gasteiger partial charge >= 0.3 is 5.97 Å². The van der Waals surface area contributed by atoms with E-state index in [1.54, 1.807) is 0 Å². The third-order valence-corrected chi connectivity index (χ3v) is 12.5. The van der Waals surface area contributed by atoms with E-state index in [2.05, 4.69) is 62.5 Å². The summed E-state index contributed by atoms with van der Waals surface area (Å²) in [5.41, 5.74) is 0. The number of rotatable bonds is 49. The van der Waals surface area contributed by atoms with E-state index in [1.165, 1.54) is 161 Å². The van der Waals surface area contributed by atoms with Gasteiger partial charge in [0.05, 0.1) is 25.2 Å². The van der Waals surface area contributed by atoms with Crippen molar-refractivity contribution in [2.45, 2.75) is 302 Å². The second kappa shape index (κ2) is 50.1. The molecule has 364 valence electrons. The second-order valence-corrected chi connectivity index (χ2v) is 18.6. The van der Waals surface area contributed by atoms with Gasteiger partial charge in [0.25, 0.3) is 0 Å². The lowest BCUT2D eigenvalue weighted by molar-refractivity contribution is -0.151. The van der Waals surface area contributed by atoms with Crippen molar-refractivity contribution in [3.05, 3.63) is 36.5 Å². The molecule has 0 bridgehead atoms. The van der Waals surface area contributed by atoms with Gasteiger partial charge in [0.2, 0.25) is 5.91 Å². The highest BCUT2D eigenvalue weighted by molar-refractivity contribution is 5.77. The molecule has 0 saturated carbocycles. The average Bonchev–Trinajstić information content (AvgIpc) is 3.26. The highest BCUT2D eigenvalue weighted by Gasteiger charge is 2.24. The molecule has 6 heteroatoms. The maximum absolute atomic E-state index is 13.2. The zero-order chi connectivity index (χ0) is 45.2. The first-order valence-electron chi connectivity index (χ1n) is 27.2. The van der Waals surface area contributed by atoms with Crippen molar-refractivity contribution in [2.24, 2.45) is 0 Å². The summed E-state index contributed by atoms with van der Waals surface area (Å²) in [4.78, 5) is 26.1. The van der Waals surface area contributed by atoms with Gasteiger partial charge in [0.15, 0.2) is 0 Å². The van der Waals surface area contributed by atoms with Gasteiger partial charge in [-0.05, 0) is 57.8 Å². The van der Waals surface area contributed by atoms with Crippen molar-refractivity contribution in [1.82, 2.24) is 5.32 Å². The highest BCUT2D eigenvalue weighted by Crippen LogP contribution is 2.18. The van der Waals surface area contributed by atoms with Crippen molar-refractivity contribution in [2.75, 3.05) is 6.61 Å². The van der Waals surface area contributed by atoms with Crippen LogP contribution >= 0.6 is 0 Å². The van der Waals surface area contributed by atoms with Crippen LogP contribution in [0.1, 0.15) is 284 Å². The Balaban J connectivity index is 4.50. The fourth-order valence-electron chi connectivity index (χ4n) is 8.39. The molecule has 0 spiro atoms. The number of hydrogen-bond donors (Lipinski definition) is 3. The number of unbranched alkanes of at least 4 members (excludes halogenated alkanes) is 31. The largest absolute Gasteiger partial charge is 0.462 e. The quantitative estimate of drug-likeness (QED) is 0.0321. The normalized spacial score (nSPS) is 13.4. The van der Waals surface area contributed by atoms with Crippen molar-refractivity contribution < 1.29 is 24.5 Å². The van der Waals surface area contributed by atoms with Gasteiger partial charge < -0.3 is 20.3 Å². The van der Waals surface area contributed by atoms with Crippen molar-refractivity contribution in [3.8, 4) is 0 Å². The average molecular weight is 872 g/mol. The summed E-state index contributed by atoms with van der Waals surface area (Å²) in [6, 6.07) is -0.711. The van der Waals surface area contributed by atoms with Crippen molar-refractivity contribution in [3.63, 3.8) is 0 Å². The zero-order valence-electron chi connectivity index (χ0n) is 41.5. The molecule has 0 fully saturated rings. The molecule has 0 aromatic heterocycles. The Labute approximate surface area is 385 Å². The Kier molecular flexibility index (Phi) is 48.5. The molecule has 0 aromatic carbocycles. The van der Waals surface area contributed by atoms with E-state index in [0.29, 0.717) is 19.3 Å². The van der Waals surface area contributed by atoms with Gasteiger partial charge in [-0.2, -0.15) is 0 Å². The van der Waals surface area contributed by atoms with Gasteiger partial charge in [-0.25, -0.2) is 0 Å². The minimum Gasteiger partial charge on any atom is -0.462 e. The number of carbonyl (C=O) groups excluding carboxylic acids is 2. The van der Waals surface area contributed by atoms with Gasteiger partial charge in [0, 0.05) is 6.42 Å². The van der Waals surface area contributed by atoms with Gasteiger partial charge in [0.1, 0.15) is 6.10 Å². The number of esters is 1. The number of ether oxygens (including phenoxy) is 1. The second-order valence-electron chi connectivity index (χ2n) is 18.6. The molecule has 0 saturated heterocycles. The highest BCUT2D eigenvalue weighted by atomic mass is 16.5. The molecule has 0 aliphatic carbocycles. The predicted molar refractivity (Wildman–Crippen MR) is 269 cm³/mol. The summed E-state index contributed by atoms with van der Waals surface area (Å²) in [6.45, 7) is 6.38. The lowest BCUT2D eigenvalue weighted by atomic mass is 10.0. The van der Waals surface area contributed by atoms with E-state index in [0.717, 1.165) is 77.0 Å². The van der Waals surface area contributed by atoms with Crippen molar-refractivity contribution >= 4 is 11.9 Å². The standard InChI is InChI=1S/C56H105NO5/c1-4-7-10-13-16-19-22-25-27-28-29-30-33-36-39-42-45-48-54(59)53(51-58)57-55(60)50-52(47-44-41-38-35-32-24-21-18-15-12-9-6-3)62-56(61)49-46-43-40-37-34-31-26-23-20-17-14-11-8-5-2/h9,12,18,21,32,35,52-54,58-59H,4-8,10-11,13-17,19-20,22-31,33-34,36-51H2,1-3H3,(H,57,60)/b12-9+,21-18+,35-32+. The Morgan fingerprint density at radius 2 is 0.871 bits per heavy atom. The smallest absolute Gasteiger partial charge is 0.306 e. The summed E-state index contributed by atoms with van der Waals surface area (Å²) in [5, 5.41) is 23.8. The lowest BCUT2D eigenvalue weighted by Crippen LogP contribution is -2.46. The van der Waals surface area contributed by atoms with Crippen LogP contribution in [0, 0.1) is 0 Å². The maximum Gasteiger partial charge on any atom is 0.306 e. The molecule has 1 amide bonds. The lowest BCUT2D eigenvalue weighted by Gasteiger charge is -2.24. The molecular formula is C56H105NO5. The van der Waals surface area contributed by atoms with E-state index in [9.17, 15) is 19.8 Å². The van der Waals surface area contributed by atoms with E-state index < -0.39 is 18.2 Å². The first-order chi connectivity index (χ1) is 30.5. The molecule has 3 atom stereocenters. The first-order valence-corrected chi connectivity index (χ1v) is 27.2. The molecular weight excluding hydrogens is 767 g/mol. The van der Waals surface area contributed by atoms with Gasteiger partial charge in [-0.15, -0.1) is 0 Å². The van der Waals surface area contributed by atoms with Crippen LogP contribution in [0.2, 0.25) is 0 Å². The number of aliphatic hydroxyl groups excluding tert-OH is 2. The van der Waals surface area contributed by atoms with Crippen LogP contribution in [0.4, 0.5) is 0 Å². The predicted octanol–water partition coefficient (Wildman–Crippen LogP) is 16.5. The van der Waals surface area contributed by atoms with Crippen molar-refractivity contribution in [1.29, 1.82) is 0 Å². The van der Waals surface area contributed by atoms with Gasteiger partial charge in [-0.1, -0.05) is 250 Å². The molecule has 62 heavy (non-hydrogen) atoms. The third kappa shape index (κ3) is 44.7. The van der Waals surface area contributed by atoms with Crippen LogP contribution in [-0.2, 0) is 14.3 Å². The number of amides is 1. The Hall–Kier alpha value is -1.92. The monoisotopic (exact) mass is 872 g/mol. The van der Waals surface area contributed by atoms with Crippen LogP contribution < -0.4 is 5.32 Å². The topological polar surface area (TPSA) is 95.9 Å². The molecule has 3 unspecified atom stereocenters. The van der Waals surface area contributed by atoms with Crippen LogP contribution in [0.5, 0.6) is 0 Å². The maximum atomic E-state index is 13.2. The Bertz CT molecular complexity index is 1020. The van der Waals surface area contributed by atoms with Gasteiger partial charge in [-0.3, -0.25) is 9.59 Å². The molecule has 6 nitrogen and oxygen atoms in total. The number of hydrogen-bond acceptors (Lipinski definition) is 5. The zero-order valence-corrected chi connectivity index (χ0v) is 41.5. The summed E-state index contributed by atoms with van der Waals surface area (Å²) < 4.78 is 5.92. The summed E-state index contributed by atoms with van der Waals surface area (Å²) >= 11 is 0. The van der Waals surface area contributed by atoms with Crippen LogP contribution in [-0.4, -0.2) is 46.9 Å². The van der Waals surface area contributed by atoms with Crippen LogP contribution in [0.15, 0.2) is 36.5 Å². The molecule has 0 rings (SSSR count). The van der Waals surface area contributed by atoms with E-state index in [-0.39, 0.29) is 24.9 Å². The number of carbonyl (C=O) groups is 2. The summed E-state index contributed by atoms with van der Waals surface area (Å²) in [6.07, 6.45) is 59.3. The molecule has 0 aliphatic rings. The number of allylic oxidation sites excluding steroid dienone is 6. The minimum atomic E-state index is -0.795. The fourth-order valence-corrected chi connectivity index (χ4v) is 8.39. The SMILES string of the molecule is CC/C=C/C/C=C/C/C=C/CCCCC(CC(=O)NC(CO)C(O)CCCCCCCCCCCCCCCCCCC)OC(=O)CCCCCCCCCCCCCCCC. The van der Waals surface area contributed by atoms with E-state index >= 15 is 0 Å². The molecule has 0 heterocycles.